The monoisotopic (exact) mass is 440 g/mol. The Morgan fingerprint density at radius 2 is 1.90 bits per heavy atom. The fourth-order valence-corrected chi connectivity index (χ4v) is 5.48. The third kappa shape index (κ3) is 4.80. The molecule has 0 bridgehead atoms. The number of nitrogens with zero attached hydrogens (tertiary/aromatic N) is 2. The molecule has 0 radical (unpaired) electrons. The first-order chi connectivity index (χ1) is 14.9. The first-order valence-electron chi connectivity index (χ1n) is 10.8. The van der Waals surface area contributed by atoms with Crippen LogP contribution in [0.1, 0.15) is 47.4 Å². The minimum absolute atomic E-state index is 0.187. The lowest BCUT2D eigenvalue weighted by atomic mass is 10.1. The Balaban J connectivity index is 1.38. The molecule has 0 aliphatic carbocycles. The van der Waals surface area contributed by atoms with E-state index in [2.05, 4.69) is 15.3 Å². The Morgan fingerprint density at radius 3 is 2.68 bits per heavy atom. The van der Waals surface area contributed by atoms with Gasteiger partial charge in [0.15, 0.2) is 0 Å². The summed E-state index contributed by atoms with van der Waals surface area (Å²) in [7, 11) is -3.57. The van der Waals surface area contributed by atoms with Gasteiger partial charge in [0, 0.05) is 31.6 Å². The Hall–Kier alpha value is -2.71. The lowest BCUT2D eigenvalue weighted by Gasteiger charge is -2.26. The van der Waals surface area contributed by atoms with E-state index < -0.39 is 10.0 Å². The van der Waals surface area contributed by atoms with Gasteiger partial charge >= 0.3 is 0 Å². The quantitative estimate of drug-likeness (QED) is 0.551. The smallest absolute Gasteiger partial charge is 0.251 e. The molecule has 1 amide bonds. The van der Waals surface area contributed by atoms with Gasteiger partial charge in [0.2, 0.25) is 10.0 Å². The SMILES string of the molecule is Cc1ccc(S(=O)(=O)N2CCCCC2)cc1C(=O)NCCCc1nc2ccccc2[nH]1. The van der Waals surface area contributed by atoms with Crippen LogP contribution in [0, 0.1) is 6.92 Å². The first-order valence-corrected chi connectivity index (χ1v) is 12.2. The van der Waals surface area contributed by atoms with Crippen molar-refractivity contribution < 1.29 is 13.2 Å². The number of amides is 1. The molecule has 8 heteroatoms. The van der Waals surface area contributed by atoms with Crippen LogP contribution in [0.3, 0.4) is 0 Å². The molecule has 3 aromatic rings. The number of hydrogen-bond donors (Lipinski definition) is 2. The van der Waals surface area contributed by atoms with Gasteiger partial charge in [0.1, 0.15) is 5.82 Å². The number of piperidine rings is 1. The number of fused-ring (bicyclic) bond motifs is 1. The second-order valence-electron chi connectivity index (χ2n) is 8.00. The molecule has 2 heterocycles. The van der Waals surface area contributed by atoms with Crippen molar-refractivity contribution >= 4 is 27.0 Å². The molecule has 0 saturated carbocycles. The number of sulfonamides is 1. The second-order valence-corrected chi connectivity index (χ2v) is 9.94. The molecule has 7 nitrogen and oxygen atoms in total. The predicted octanol–water partition coefficient (Wildman–Crippen LogP) is 3.41. The van der Waals surface area contributed by atoms with Crippen LogP contribution < -0.4 is 5.32 Å². The molecule has 2 N–H and O–H groups in total. The van der Waals surface area contributed by atoms with Gasteiger partial charge in [-0.2, -0.15) is 4.31 Å². The Labute approximate surface area is 182 Å². The van der Waals surface area contributed by atoms with E-state index in [1.165, 1.54) is 10.4 Å². The zero-order valence-corrected chi connectivity index (χ0v) is 18.5. The largest absolute Gasteiger partial charge is 0.352 e. The molecule has 31 heavy (non-hydrogen) atoms. The minimum atomic E-state index is -3.57. The van der Waals surface area contributed by atoms with E-state index in [1.807, 2.05) is 31.2 Å². The predicted molar refractivity (Wildman–Crippen MR) is 121 cm³/mol. The number of hydrogen-bond acceptors (Lipinski definition) is 4. The molecule has 0 unspecified atom stereocenters. The number of benzene rings is 2. The molecule has 0 spiro atoms. The van der Waals surface area contributed by atoms with Crippen LogP contribution in [0.2, 0.25) is 0 Å². The van der Waals surface area contributed by atoms with E-state index in [0.29, 0.717) is 25.2 Å². The van der Waals surface area contributed by atoms with E-state index in [1.54, 1.807) is 12.1 Å². The molecular formula is C23H28N4O3S. The lowest BCUT2D eigenvalue weighted by Crippen LogP contribution is -2.35. The number of rotatable bonds is 7. The van der Waals surface area contributed by atoms with Crippen LogP contribution in [-0.2, 0) is 16.4 Å². The highest BCUT2D eigenvalue weighted by molar-refractivity contribution is 7.89. The van der Waals surface area contributed by atoms with Gasteiger partial charge in [-0.1, -0.05) is 24.6 Å². The first kappa shape index (κ1) is 21.5. The lowest BCUT2D eigenvalue weighted by molar-refractivity contribution is 0.0952. The van der Waals surface area contributed by atoms with Crippen LogP contribution in [0.5, 0.6) is 0 Å². The van der Waals surface area contributed by atoms with Gasteiger partial charge in [0.05, 0.1) is 15.9 Å². The highest BCUT2D eigenvalue weighted by Gasteiger charge is 2.27. The maximum atomic E-state index is 12.9. The van der Waals surface area contributed by atoms with Crippen molar-refractivity contribution in [2.75, 3.05) is 19.6 Å². The number of aromatic nitrogens is 2. The number of imidazole rings is 1. The van der Waals surface area contributed by atoms with E-state index in [4.69, 9.17) is 0 Å². The maximum Gasteiger partial charge on any atom is 0.251 e. The average Bonchev–Trinajstić information content (AvgIpc) is 3.20. The summed E-state index contributed by atoms with van der Waals surface area (Å²) in [6, 6.07) is 12.7. The molecule has 164 valence electrons. The van der Waals surface area contributed by atoms with E-state index in [9.17, 15) is 13.2 Å². The number of para-hydroxylation sites is 2. The highest BCUT2D eigenvalue weighted by Crippen LogP contribution is 2.23. The normalized spacial score (nSPS) is 15.3. The zero-order valence-electron chi connectivity index (χ0n) is 17.7. The molecule has 1 fully saturated rings. The Bertz CT molecular complexity index is 1150. The summed E-state index contributed by atoms with van der Waals surface area (Å²) >= 11 is 0. The summed E-state index contributed by atoms with van der Waals surface area (Å²) in [5, 5.41) is 2.91. The van der Waals surface area contributed by atoms with E-state index >= 15 is 0 Å². The molecular weight excluding hydrogens is 412 g/mol. The van der Waals surface area contributed by atoms with Gasteiger partial charge in [-0.05, 0) is 56.0 Å². The van der Waals surface area contributed by atoms with Crippen molar-refractivity contribution in [1.82, 2.24) is 19.6 Å². The van der Waals surface area contributed by atoms with Gasteiger partial charge in [-0.15, -0.1) is 0 Å². The van der Waals surface area contributed by atoms with Crippen LogP contribution in [0.25, 0.3) is 11.0 Å². The molecule has 1 saturated heterocycles. The van der Waals surface area contributed by atoms with Gasteiger partial charge in [-0.25, -0.2) is 13.4 Å². The van der Waals surface area contributed by atoms with E-state index in [0.717, 1.165) is 54.5 Å². The van der Waals surface area contributed by atoms with Crippen LogP contribution in [-0.4, -0.2) is 48.2 Å². The van der Waals surface area contributed by atoms with Crippen LogP contribution >= 0.6 is 0 Å². The summed E-state index contributed by atoms with van der Waals surface area (Å²) in [6.07, 6.45) is 4.27. The summed E-state index contributed by atoms with van der Waals surface area (Å²) in [5.74, 6) is 0.638. The zero-order chi connectivity index (χ0) is 21.8. The summed E-state index contributed by atoms with van der Waals surface area (Å²) < 4.78 is 27.4. The van der Waals surface area contributed by atoms with Crippen LogP contribution in [0.4, 0.5) is 0 Å². The molecule has 1 aliphatic heterocycles. The number of carbonyl (C=O) groups is 1. The van der Waals surface area contributed by atoms with Crippen molar-refractivity contribution in [3.05, 3.63) is 59.4 Å². The Morgan fingerprint density at radius 1 is 1.13 bits per heavy atom. The van der Waals surface area contributed by atoms with Gasteiger partial charge < -0.3 is 10.3 Å². The summed E-state index contributed by atoms with van der Waals surface area (Å²) in [4.78, 5) is 20.7. The number of aromatic amines is 1. The fourth-order valence-electron chi connectivity index (χ4n) is 3.94. The van der Waals surface area contributed by atoms with Crippen molar-refractivity contribution in [3.8, 4) is 0 Å². The van der Waals surface area contributed by atoms with Crippen molar-refractivity contribution in [2.24, 2.45) is 0 Å². The fraction of sp³-hybridized carbons (Fsp3) is 0.391. The van der Waals surface area contributed by atoms with Crippen LogP contribution in [0.15, 0.2) is 47.4 Å². The van der Waals surface area contributed by atoms with Crippen molar-refractivity contribution in [2.45, 2.75) is 43.9 Å². The minimum Gasteiger partial charge on any atom is -0.352 e. The second kappa shape index (κ2) is 9.20. The number of carbonyl (C=O) groups excluding carboxylic acids is 1. The average molecular weight is 441 g/mol. The maximum absolute atomic E-state index is 12.9. The molecule has 1 aromatic heterocycles. The summed E-state index contributed by atoms with van der Waals surface area (Å²) in [5.41, 5.74) is 3.10. The van der Waals surface area contributed by atoms with Gasteiger partial charge in [-0.3, -0.25) is 4.79 Å². The molecule has 1 aliphatic rings. The van der Waals surface area contributed by atoms with Crippen molar-refractivity contribution in [3.63, 3.8) is 0 Å². The number of nitrogens with one attached hydrogen (secondary N) is 2. The molecule has 2 aromatic carbocycles. The van der Waals surface area contributed by atoms with E-state index in [-0.39, 0.29) is 10.8 Å². The third-order valence-electron chi connectivity index (χ3n) is 5.72. The van der Waals surface area contributed by atoms with Gasteiger partial charge in [0.25, 0.3) is 5.91 Å². The third-order valence-corrected chi connectivity index (χ3v) is 7.62. The standard InChI is InChI=1S/C23H28N4O3S/c1-17-11-12-18(31(29,30)27-14-5-2-6-15-27)16-19(17)23(28)24-13-7-10-22-25-20-8-3-4-9-21(20)26-22/h3-4,8-9,11-12,16H,2,5-7,10,13-15H2,1H3,(H,24,28)(H,25,26). The molecule has 0 atom stereocenters. The Kier molecular flexibility index (Phi) is 6.38. The number of H-pyrrole nitrogens is 1. The van der Waals surface area contributed by atoms with Crippen molar-refractivity contribution in [1.29, 1.82) is 0 Å². The number of aryl methyl sites for hydroxylation is 2. The topological polar surface area (TPSA) is 95.2 Å². The molecule has 4 rings (SSSR count). The highest BCUT2D eigenvalue weighted by atomic mass is 32.2. The summed E-state index contributed by atoms with van der Waals surface area (Å²) in [6.45, 7) is 3.39.